The smallest absolute Gasteiger partial charge is 0.310 e. The van der Waals surface area contributed by atoms with E-state index in [9.17, 15) is 29.7 Å². The van der Waals surface area contributed by atoms with Gasteiger partial charge in [-0.2, -0.15) is 0 Å². The first kappa shape index (κ1) is 24.3. The minimum absolute atomic E-state index is 0.0210. The molecular weight excluding hydrogens is 424 g/mol. The number of hydrogen-bond donors (Lipinski definition) is 3. The highest BCUT2D eigenvalue weighted by Gasteiger charge is 2.69. The number of ether oxygens (including phenoxy) is 1. The molecule has 4 aliphatic rings. The van der Waals surface area contributed by atoms with Crippen molar-refractivity contribution < 1.29 is 34.4 Å². The van der Waals surface area contributed by atoms with Gasteiger partial charge in [-0.3, -0.25) is 14.4 Å². The average molecular weight is 461 g/mol. The maximum atomic E-state index is 12.6. The molecule has 0 aromatic carbocycles. The van der Waals surface area contributed by atoms with Crippen LogP contribution in [0, 0.1) is 28.6 Å². The van der Waals surface area contributed by atoms with Gasteiger partial charge < -0.3 is 20.1 Å². The summed E-state index contributed by atoms with van der Waals surface area (Å²) >= 11 is 0. The van der Waals surface area contributed by atoms with E-state index >= 15 is 0 Å². The van der Waals surface area contributed by atoms with Crippen molar-refractivity contribution in [2.75, 3.05) is 6.61 Å². The van der Waals surface area contributed by atoms with Crippen LogP contribution in [0.25, 0.3) is 0 Å². The molecule has 3 saturated carbocycles. The van der Waals surface area contributed by atoms with Gasteiger partial charge in [0.25, 0.3) is 0 Å². The maximum absolute atomic E-state index is 12.6. The molecule has 0 aromatic heterocycles. The van der Waals surface area contributed by atoms with Crippen LogP contribution in [0.3, 0.4) is 0 Å². The first-order valence-electron chi connectivity index (χ1n) is 12.3. The van der Waals surface area contributed by atoms with Gasteiger partial charge in [0.2, 0.25) is 0 Å². The van der Waals surface area contributed by atoms with Gasteiger partial charge in [0.1, 0.15) is 18.0 Å². The molecule has 0 heterocycles. The molecule has 0 saturated heterocycles. The number of ketones is 2. The molecule has 0 spiro atoms. The molecule has 0 aromatic rings. The number of allylic oxidation sites excluding steroid dienone is 3. The van der Waals surface area contributed by atoms with Crippen LogP contribution in [0.5, 0.6) is 0 Å². The van der Waals surface area contributed by atoms with Crippen LogP contribution in [0.1, 0.15) is 72.1 Å². The Labute approximate surface area is 194 Å². The van der Waals surface area contributed by atoms with Crippen molar-refractivity contribution in [1.82, 2.24) is 0 Å². The number of carbonyl (C=O) groups is 3. The van der Waals surface area contributed by atoms with Crippen molar-refractivity contribution in [2.45, 2.75) is 83.8 Å². The second kappa shape index (κ2) is 8.43. The quantitative estimate of drug-likeness (QED) is 0.521. The van der Waals surface area contributed by atoms with E-state index in [1.807, 2.05) is 20.8 Å². The van der Waals surface area contributed by atoms with Crippen LogP contribution in [0.15, 0.2) is 23.5 Å². The molecule has 33 heavy (non-hydrogen) atoms. The monoisotopic (exact) mass is 460 g/mol. The van der Waals surface area contributed by atoms with Gasteiger partial charge in [0, 0.05) is 23.8 Å². The fraction of sp³-hybridized carbons (Fsp3) is 0.731. The van der Waals surface area contributed by atoms with Crippen LogP contribution in [-0.4, -0.2) is 51.2 Å². The lowest BCUT2D eigenvalue weighted by atomic mass is 9.45. The fourth-order valence-corrected chi connectivity index (χ4v) is 7.62. The third-order valence-electron chi connectivity index (χ3n) is 9.35. The molecule has 4 rings (SSSR count). The van der Waals surface area contributed by atoms with Crippen molar-refractivity contribution in [1.29, 1.82) is 0 Å². The molecule has 3 fully saturated rings. The number of hydrogen-bond acceptors (Lipinski definition) is 7. The molecule has 0 amide bonds. The van der Waals surface area contributed by atoms with Crippen molar-refractivity contribution in [3.63, 3.8) is 0 Å². The number of rotatable bonds is 6. The molecule has 0 aliphatic heterocycles. The van der Waals surface area contributed by atoms with E-state index in [4.69, 9.17) is 4.74 Å². The van der Waals surface area contributed by atoms with Crippen molar-refractivity contribution in [2.24, 2.45) is 28.6 Å². The number of esters is 1. The number of unbranched alkanes of at least 4 members (excludes halogenated alkanes) is 1. The number of aliphatic hydroxyl groups is 3. The Balaban J connectivity index is 1.71. The lowest BCUT2D eigenvalue weighted by molar-refractivity contribution is -0.182. The summed E-state index contributed by atoms with van der Waals surface area (Å²) in [6.45, 7) is 5.07. The van der Waals surface area contributed by atoms with Gasteiger partial charge >= 0.3 is 5.97 Å². The Morgan fingerprint density at radius 1 is 1.21 bits per heavy atom. The zero-order valence-corrected chi connectivity index (χ0v) is 19.8. The number of Topliss-reactive ketones (excluding diaryl/α,β-unsaturated/α-hetero) is 1. The molecule has 4 aliphatic carbocycles. The van der Waals surface area contributed by atoms with Crippen LogP contribution in [0.2, 0.25) is 0 Å². The molecule has 0 unspecified atom stereocenters. The van der Waals surface area contributed by atoms with E-state index in [0.29, 0.717) is 25.0 Å². The molecule has 7 nitrogen and oxygen atoms in total. The minimum atomic E-state index is -1.66. The van der Waals surface area contributed by atoms with E-state index in [1.54, 1.807) is 6.08 Å². The maximum Gasteiger partial charge on any atom is 0.310 e. The number of aliphatic hydroxyl groups excluding tert-OH is 2. The Hall–Kier alpha value is -1.83. The molecule has 7 heteroatoms. The summed E-state index contributed by atoms with van der Waals surface area (Å²) in [5.41, 5.74) is -2.45. The highest BCUT2D eigenvalue weighted by atomic mass is 16.5. The summed E-state index contributed by atoms with van der Waals surface area (Å²) in [5, 5.41) is 32.3. The molecule has 3 N–H and O–H groups in total. The largest absolute Gasteiger partial charge is 0.430 e. The second-order valence-electron chi connectivity index (χ2n) is 10.9. The normalized spacial score (nSPS) is 41.9. The second-order valence-corrected chi connectivity index (χ2v) is 10.9. The predicted octanol–water partition coefficient (Wildman–Crippen LogP) is 2.62. The van der Waals surface area contributed by atoms with Crippen LogP contribution in [-0.2, 0) is 19.1 Å². The lowest BCUT2D eigenvalue weighted by Crippen LogP contribution is -2.62. The topological polar surface area (TPSA) is 121 Å². The van der Waals surface area contributed by atoms with E-state index in [0.717, 1.165) is 18.4 Å². The first-order valence-corrected chi connectivity index (χ1v) is 12.3. The standard InChI is InChI=1S/C26H36O7/c1-4-5-6-22(31)33-21-12-16(28)11-15-7-8-17-18-9-10-26(32,20(30)14-27)24(18,2)13-19(29)23(17)25(15,21)3/h11-12,17-19,23,27,29,32H,4-10,13-14H2,1-3H3/t17-,18-,19-,23+,24-,25+,26-/m0/s1. The highest BCUT2D eigenvalue weighted by Crippen LogP contribution is 2.68. The van der Waals surface area contributed by atoms with Gasteiger partial charge in [-0.05, 0) is 63.4 Å². The number of fused-ring (bicyclic) bond motifs is 5. The molecule has 7 atom stereocenters. The minimum Gasteiger partial charge on any atom is -0.430 e. The Kier molecular flexibility index (Phi) is 6.21. The van der Waals surface area contributed by atoms with E-state index in [-0.39, 0.29) is 48.8 Å². The molecular formula is C26H36O7. The lowest BCUT2D eigenvalue weighted by Gasteiger charge is -2.60. The Morgan fingerprint density at radius 2 is 1.94 bits per heavy atom. The van der Waals surface area contributed by atoms with Crippen LogP contribution >= 0.6 is 0 Å². The van der Waals surface area contributed by atoms with E-state index < -0.39 is 34.9 Å². The van der Waals surface area contributed by atoms with Gasteiger partial charge in [0.05, 0.1) is 11.5 Å². The fourth-order valence-electron chi connectivity index (χ4n) is 7.62. The SMILES string of the molecule is CCCCC(=O)OC1=CC(=O)C=C2CC[C@@H]3[C@H]([C@@H](O)C[C@@]4(C)[C@H]3CC[C@]4(O)C(=O)CO)[C@]21C. The predicted molar refractivity (Wildman–Crippen MR) is 120 cm³/mol. The summed E-state index contributed by atoms with van der Waals surface area (Å²) in [6.07, 6.45) is 6.38. The van der Waals surface area contributed by atoms with Crippen LogP contribution < -0.4 is 0 Å². The Morgan fingerprint density at radius 3 is 2.61 bits per heavy atom. The van der Waals surface area contributed by atoms with Gasteiger partial charge in [-0.15, -0.1) is 0 Å². The summed E-state index contributed by atoms with van der Waals surface area (Å²) < 4.78 is 5.78. The number of carbonyl (C=O) groups excluding carboxylic acids is 3. The van der Waals surface area contributed by atoms with Gasteiger partial charge in [0.15, 0.2) is 11.6 Å². The third kappa shape index (κ3) is 3.46. The van der Waals surface area contributed by atoms with Gasteiger partial charge in [-0.1, -0.05) is 25.8 Å². The molecule has 0 radical (unpaired) electrons. The zero-order chi connectivity index (χ0) is 24.2. The van der Waals surface area contributed by atoms with Crippen LogP contribution in [0.4, 0.5) is 0 Å². The van der Waals surface area contributed by atoms with Crippen molar-refractivity contribution >= 4 is 17.5 Å². The van der Waals surface area contributed by atoms with E-state index in [1.165, 1.54) is 6.08 Å². The summed E-state index contributed by atoms with van der Waals surface area (Å²) in [7, 11) is 0. The van der Waals surface area contributed by atoms with E-state index in [2.05, 4.69) is 0 Å². The van der Waals surface area contributed by atoms with Crippen molar-refractivity contribution in [3.05, 3.63) is 23.5 Å². The first-order chi connectivity index (χ1) is 15.5. The highest BCUT2D eigenvalue weighted by molar-refractivity contribution is 6.02. The summed E-state index contributed by atoms with van der Waals surface area (Å²) in [5.74, 6) is -1.22. The zero-order valence-electron chi connectivity index (χ0n) is 19.8. The summed E-state index contributed by atoms with van der Waals surface area (Å²) in [4.78, 5) is 37.5. The molecule has 0 bridgehead atoms. The third-order valence-corrected chi connectivity index (χ3v) is 9.35. The average Bonchev–Trinajstić information content (AvgIpc) is 3.03. The van der Waals surface area contributed by atoms with Crippen molar-refractivity contribution in [3.8, 4) is 0 Å². The molecule has 182 valence electrons. The van der Waals surface area contributed by atoms with Gasteiger partial charge in [-0.25, -0.2) is 0 Å². The Bertz CT molecular complexity index is 920. The summed E-state index contributed by atoms with van der Waals surface area (Å²) in [6, 6.07) is 0.